The smallest absolute Gasteiger partial charge is 0.255 e. The van der Waals surface area contributed by atoms with Crippen molar-refractivity contribution in [2.45, 2.75) is 25.8 Å². The summed E-state index contributed by atoms with van der Waals surface area (Å²) in [4.78, 5) is 19.3. The fourth-order valence-electron chi connectivity index (χ4n) is 3.34. The van der Waals surface area contributed by atoms with E-state index >= 15 is 0 Å². The van der Waals surface area contributed by atoms with Crippen molar-refractivity contribution in [1.82, 2.24) is 20.1 Å². The molecule has 1 aromatic carbocycles. The normalized spacial score (nSPS) is 17.6. The minimum Gasteiger partial charge on any atom is -0.332 e. The van der Waals surface area contributed by atoms with E-state index in [4.69, 9.17) is 0 Å². The van der Waals surface area contributed by atoms with E-state index in [1.165, 1.54) is 5.56 Å². The van der Waals surface area contributed by atoms with Crippen LogP contribution in [0, 0.1) is 6.92 Å². The van der Waals surface area contributed by atoms with Gasteiger partial charge in [-0.05, 0) is 43.5 Å². The van der Waals surface area contributed by atoms with Gasteiger partial charge in [-0.25, -0.2) is 4.98 Å². The molecule has 1 amide bonds. The Morgan fingerprint density at radius 2 is 2.12 bits per heavy atom. The Bertz CT molecular complexity index is 903. The Labute approximate surface area is 148 Å². The number of aryl methyl sites for hydroxylation is 1. The van der Waals surface area contributed by atoms with Gasteiger partial charge in [0.05, 0.1) is 11.6 Å². The van der Waals surface area contributed by atoms with Gasteiger partial charge < -0.3 is 4.90 Å². The highest BCUT2D eigenvalue weighted by Gasteiger charge is 2.30. The van der Waals surface area contributed by atoms with Crippen LogP contribution in [0.3, 0.4) is 0 Å². The highest BCUT2D eigenvalue weighted by molar-refractivity contribution is 9.10. The fraction of sp³-hybridized carbons (Fsp3) is 0.278. The summed E-state index contributed by atoms with van der Waals surface area (Å²) in [5.41, 5.74) is 3.38. The molecule has 0 bridgehead atoms. The molecule has 0 aliphatic carbocycles. The standard InChI is InChI=1S/C18H17BrN4O/c1-11-15-9-13(10-20-17(15)22-21-11)18(24)23-8-2-3-16(23)12-4-6-14(19)7-5-12/h4-7,9-10,16H,2-3,8H2,1H3,(H,20,21,22)/t16-/m0/s1. The number of carbonyl (C=O) groups is 1. The van der Waals surface area contributed by atoms with Crippen LogP contribution in [0.1, 0.15) is 40.5 Å². The number of amides is 1. The Kier molecular flexibility index (Phi) is 3.84. The largest absolute Gasteiger partial charge is 0.332 e. The van der Waals surface area contributed by atoms with Crippen molar-refractivity contribution < 1.29 is 4.79 Å². The highest BCUT2D eigenvalue weighted by Crippen LogP contribution is 2.33. The summed E-state index contributed by atoms with van der Waals surface area (Å²) >= 11 is 3.46. The van der Waals surface area contributed by atoms with Gasteiger partial charge in [-0.15, -0.1) is 0 Å². The van der Waals surface area contributed by atoms with Gasteiger partial charge in [0.15, 0.2) is 5.65 Å². The van der Waals surface area contributed by atoms with E-state index in [2.05, 4.69) is 43.2 Å². The number of pyridine rings is 1. The van der Waals surface area contributed by atoms with Gasteiger partial charge in [0.25, 0.3) is 5.91 Å². The van der Waals surface area contributed by atoms with E-state index in [-0.39, 0.29) is 11.9 Å². The molecule has 122 valence electrons. The summed E-state index contributed by atoms with van der Waals surface area (Å²) < 4.78 is 1.05. The number of likely N-dealkylation sites (tertiary alicyclic amines) is 1. The number of aromatic nitrogens is 3. The maximum absolute atomic E-state index is 13.0. The van der Waals surface area contributed by atoms with Crippen molar-refractivity contribution in [3.05, 3.63) is 57.8 Å². The van der Waals surface area contributed by atoms with Crippen LogP contribution in [-0.4, -0.2) is 32.5 Å². The van der Waals surface area contributed by atoms with E-state index in [9.17, 15) is 4.79 Å². The molecule has 1 fully saturated rings. The quantitative estimate of drug-likeness (QED) is 0.725. The summed E-state index contributed by atoms with van der Waals surface area (Å²) in [5.74, 6) is 0.0374. The first-order valence-electron chi connectivity index (χ1n) is 8.00. The molecule has 1 atom stereocenters. The molecule has 0 spiro atoms. The molecule has 1 saturated heterocycles. The van der Waals surface area contributed by atoms with Gasteiger partial charge in [-0.2, -0.15) is 5.10 Å². The number of aromatic amines is 1. The SMILES string of the molecule is Cc1[nH]nc2ncc(C(=O)N3CCC[C@H]3c3ccc(Br)cc3)cc12. The zero-order valence-corrected chi connectivity index (χ0v) is 14.9. The van der Waals surface area contributed by atoms with Crippen LogP contribution < -0.4 is 0 Å². The lowest BCUT2D eigenvalue weighted by molar-refractivity contribution is 0.0735. The lowest BCUT2D eigenvalue weighted by Crippen LogP contribution is -2.30. The number of hydrogen-bond acceptors (Lipinski definition) is 3. The second-order valence-electron chi connectivity index (χ2n) is 6.15. The lowest BCUT2D eigenvalue weighted by atomic mass is 10.0. The number of nitrogens with zero attached hydrogens (tertiary/aromatic N) is 3. The first kappa shape index (κ1) is 15.3. The molecule has 1 aliphatic heterocycles. The van der Waals surface area contributed by atoms with E-state index in [0.29, 0.717) is 11.2 Å². The number of rotatable bonds is 2. The van der Waals surface area contributed by atoms with E-state index in [1.54, 1.807) is 6.20 Å². The van der Waals surface area contributed by atoms with Gasteiger partial charge in [0.2, 0.25) is 0 Å². The predicted octanol–water partition coefficient (Wildman–Crippen LogP) is 4.01. The van der Waals surface area contributed by atoms with Gasteiger partial charge in [-0.3, -0.25) is 9.89 Å². The van der Waals surface area contributed by atoms with E-state index < -0.39 is 0 Å². The minimum atomic E-state index is 0.0374. The molecular formula is C18H17BrN4O. The lowest BCUT2D eigenvalue weighted by Gasteiger charge is -2.25. The third-order valence-corrected chi connectivity index (χ3v) is 5.14. The molecule has 0 radical (unpaired) electrons. The van der Waals surface area contributed by atoms with Crippen molar-refractivity contribution in [3.63, 3.8) is 0 Å². The number of fused-ring (bicyclic) bond motifs is 1. The Balaban J connectivity index is 1.66. The molecule has 5 nitrogen and oxygen atoms in total. The van der Waals surface area contributed by atoms with Crippen LogP contribution in [-0.2, 0) is 0 Å². The van der Waals surface area contributed by atoms with Crippen LogP contribution in [0.5, 0.6) is 0 Å². The molecule has 6 heteroatoms. The predicted molar refractivity (Wildman–Crippen MR) is 95.8 cm³/mol. The fourth-order valence-corrected chi connectivity index (χ4v) is 3.61. The number of benzene rings is 1. The van der Waals surface area contributed by atoms with E-state index in [0.717, 1.165) is 34.9 Å². The van der Waals surface area contributed by atoms with Crippen LogP contribution in [0.25, 0.3) is 11.0 Å². The average molecular weight is 385 g/mol. The Morgan fingerprint density at radius 1 is 1.33 bits per heavy atom. The average Bonchev–Trinajstić information content (AvgIpc) is 3.22. The van der Waals surface area contributed by atoms with Crippen LogP contribution in [0.4, 0.5) is 0 Å². The van der Waals surface area contributed by atoms with Crippen molar-refractivity contribution in [1.29, 1.82) is 0 Å². The molecule has 3 heterocycles. The molecule has 0 unspecified atom stereocenters. The summed E-state index contributed by atoms with van der Waals surface area (Å²) in [6, 6.07) is 10.2. The number of hydrogen-bond donors (Lipinski definition) is 1. The molecule has 4 rings (SSSR count). The molecule has 1 N–H and O–H groups in total. The first-order chi connectivity index (χ1) is 11.6. The highest BCUT2D eigenvalue weighted by atomic mass is 79.9. The minimum absolute atomic E-state index is 0.0374. The molecule has 24 heavy (non-hydrogen) atoms. The van der Waals surface area contributed by atoms with E-state index in [1.807, 2.05) is 30.0 Å². The number of carbonyl (C=O) groups excluding carboxylic acids is 1. The number of nitrogens with one attached hydrogen (secondary N) is 1. The summed E-state index contributed by atoms with van der Waals surface area (Å²) in [7, 11) is 0. The Morgan fingerprint density at radius 3 is 2.92 bits per heavy atom. The zero-order chi connectivity index (χ0) is 16.7. The van der Waals surface area contributed by atoms with Crippen LogP contribution in [0.2, 0.25) is 0 Å². The molecular weight excluding hydrogens is 368 g/mol. The number of halogens is 1. The number of H-pyrrole nitrogens is 1. The van der Waals surface area contributed by atoms with Gasteiger partial charge >= 0.3 is 0 Å². The summed E-state index contributed by atoms with van der Waals surface area (Å²) in [6.07, 6.45) is 3.64. The van der Waals surface area contributed by atoms with Crippen molar-refractivity contribution >= 4 is 32.9 Å². The molecule has 3 aromatic rings. The first-order valence-corrected chi connectivity index (χ1v) is 8.80. The van der Waals surface area contributed by atoms with Crippen LogP contribution >= 0.6 is 15.9 Å². The monoisotopic (exact) mass is 384 g/mol. The topological polar surface area (TPSA) is 61.9 Å². The maximum Gasteiger partial charge on any atom is 0.255 e. The molecule has 0 saturated carbocycles. The van der Waals surface area contributed by atoms with Crippen LogP contribution in [0.15, 0.2) is 41.0 Å². The molecule has 2 aromatic heterocycles. The third-order valence-electron chi connectivity index (χ3n) is 4.62. The van der Waals surface area contributed by atoms with Crippen molar-refractivity contribution in [2.75, 3.05) is 6.54 Å². The summed E-state index contributed by atoms with van der Waals surface area (Å²) in [6.45, 7) is 2.72. The van der Waals surface area contributed by atoms with Gasteiger partial charge in [-0.1, -0.05) is 28.1 Å². The van der Waals surface area contributed by atoms with Gasteiger partial charge in [0, 0.05) is 28.3 Å². The Hall–Kier alpha value is -2.21. The summed E-state index contributed by atoms with van der Waals surface area (Å²) in [5, 5.41) is 7.93. The van der Waals surface area contributed by atoms with Crippen molar-refractivity contribution in [2.24, 2.45) is 0 Å². The van der Waals surface area contributed by atoms with Gasteiger partial charge in [0.1, 0.15) is 0 Å². The second-order valence-corrected chi connectivity index (χ2v) is 7.07. The molecule has 1 aliphatic rings. The third kappa shape index (κ3) is 2.60. The maximum atomic E-state index is 13.0. The van der Waals surface area contributed by atoms with Crippen molar-refractivity contribution in [3.8, 4) is 0 Å². The zero-order valence-electron chi connectivity index (χ0n) is 13.3. The second kappa shape index (κ2) is 6.02.